The minimum Gasteiger partial charge on any atom is -0.382 e. The molecule has 1 fully saturated rings. The van der Waals surface area contributed by atoms with E-state index in [1.165, 1.54) is 41.4 Å². The third-order valence-corrected chi connectivity index (χ3v) is 4.55. The first-order valence-corrected chi connectivity index (χ1v) is 7.18. The summed E-state index contributed by atoms with van der Waals surface area (Å²) in [5.74, 6) is 0. The van der Waals surface area contributed by atoms with E-state index < -0.39 is 0 Å². The van der Waals surface area contributed by atoms with Gasteiger partial charge in [-0.05, 0) is 63.4 Å². The van der Waals surface area contributed by atoms with Crippen LogP contribution >= 0.6 is 15.9 Å². The minimum absolute atomic E-state index is 0.639. The zero-order valence-corrected chi connectivity index (χ0v) is 12.2. The van der Waals surface area contributed by atoms with Gasteiger partial charge in [0, 0.05) is 22.2 Å². The van der Waals surface area contributed by atoms with Crippen molar-refractivity contribution < 1.29 is 0 Å². The summed E-state index contributed by atoms with van der Waals surface area (Å²) in [7, 11) is 2.07. The molecule has 0 spiro atoms. The van der Waals surface area contributed by atoms with Gasteiger partial charge in [-0.15, -0.1) is 0 Å². The fourth-order valence-electron chi connectivity index (χ4n) is 2.50. The summed E-state index contributed by atoms with van der Waals surface area (Å²) < 4.78 is 1.18. The molecule has 94 valence electrons. The zero-order valence-electron chi connectivity index (χ0n) is 10.6. The zero-order chi connectivity index (χ0) is 12.3. The highest BCUT2D eigenvalue weighted by Crippen LogP contribution is 2.24. The van der Waals surface area contributed by atoms with Crippen LogP contribution in [0.4, 0.5) is 5.69 Å². The van der Waals surface area contributed by atoms with Crippen LogP contribution in [0.2, 0.25) is 0 Å². The number of hydrogen-bond donors (Lipinski definition) is 2. The summed E-state index contributed by atoms with van der Waals surface area (Å²) in [6.45, 7) is 2.13. The molecule has 0 atom stereocenters. The molecule has 0 heterocycles. The van der Waals surface area contributed by atoms with Crippen molar-refractivity contribution in [2.24, 2.45) is 0 Å². The van der Waals surface area contributed by atoms with Crippen molar-refractivity contribution in [1.82, 2.24) is 5.32 Å². The lowest BCUT2D eigenvalue weighted by molar-refractivity contribution is 0.371. The monoisotopic (exact) mass is 296 g/mol. The first kappa shape index (κ1) is 12.9. The number of anilines is 1. The molecule has 1 aliphatic carbocycles. The van der Waals surface area contributed by atoms with Crippen LogP contribution in [-0.2, 0) is 0 Å². The summed E-state index contributed by atoms with van der Waals surface area (Å²) in [6.07, 6.45) is 5.09. The molecular weight excluding hydrogens is 276 g/mol. The average Bonchev–Trinajstić information content (AvgIpc) is 2.35. The molecule has 17 heavy (non-hydrogen) atoms. The molecule has 0 saturated heterocycles. The maximum Gasteiger partial charge on any atom is 0.0345 e. The smallest absolute Gasteiger partial charge is 0.0345 e. The lowest BCUT2D eigenvalue weighted by Gasteiger charge is -2.29. The van der Waals surface area contributed by atoms with Crippen LogP contribution in [0.1, 0.15) is 31.2 Å². The van der Waals surface area contributed by atoms with Crippen LogP contribution in [0.15, 0.2) is 22.7 Å². The molecule has 0 aromatic heterocycles. The van der Waals surface area contributed by atoms with Crippen LogP contribution in [0.3, 0.4) is 0 Å². The lowest BCUT2D eigenvalue weighted by atomic mass is 9.91. The van der Waals surface area contributed by atoms with Gasteiger partial charge in [-0.2, -0.15) is 0 Å². The minimum atomic E-state index is 0.639. The van der Waals surface area contributed by atoms with E-state index in [9.17, 15) is 0 Å². The Morgan fingerprint density at radius 1 is 1.12 bits per heavy atom. The van der Waals surface area contributed by atoms with E-state index in [2.05, 4.69) is 58.7 Å². The van der Waals surface area contributed by atoms with Gasteiger partial charge in [-0.25, -0.2) is 0 Å². The van der Waals surface area contributed by atoms with Crippen LogP contribution in [0.5, 0.6) is 0 Å². The highest BCUT2D eigenvalue weighted by Gasteiger charge is 2.19. The van der Waals surface area contributed by atoms with Gasteiger partial charge in [0.1, 0.15) is 0 Å². The fourth-order valence-corrected chi connectivity index (χ4v) is 2.74. The second kappa shape index (κ2) is 5.87. The van der Waals surface area contributed by atoms with Crippen molar-refractivity contribution >= 4 is 21.6 Å². The molecule has 0 aliphatic heterocycles. The molecule has 2 rings (SSSR count). The Morgan fingerprint density at radius 2 is 1.76 bits per heavy atom. The van der Waals surface area contributed by atoms with Crippen LogP contribution < -0.4 is 10.6 Å². The Hall–Kier alpha value is -0.540. The molecule has 1 saturated carbocycles. The summed E-state index contributed by atoms with van der Waals surface area (Å²) >= 11 is 3.54. The first-order chi connectivity index (χ1) is 8.19. The summed E-state index contributed by atoms with van der Waals surface area (Å²) in [6, 6.07) is 7.85. The largest absolute Gasteiger partial charge is 0.382 e. The molecule has 1 aromatic carbocycles. The van der Waals surface area contributed by atoms with Gasteiger partial charge in [-0.3, -0.25) is 0 Å². The maximum atomic E-state index is 3.64. The highest BCUT2D eigenvalue weighted by atomic mass is 79.9. The van der Waals surface area contributed by atoms with Gasteiger partial charge in [0.25, 0.3) is 0 Å². The number of hydrogen-bond acceptors (Lipinski definition) is 2. The van der Waals surface area contributed by atoms with Gasteiger partial charge < -0.3 is 10.6 Å². The van der Waals surface area contributed by atoms with E-state index in [0.29, 0.717) is 6.04 Å². The molecule has 2 N–H and O–H groups in total. The van der Waals surface area contributed by atoms with Crippen molar-refractivity contribution in [3.8, 4) is 0 Å². The first-order valence-electron chi connectivity index (χ1n) is 6.39. The Balaban J connectivity index is 1.91. The molecule has 1 aromatic rings. The second-order valence-corrected chi connectivity index (χ2v) is 5.80. The number of rotatable bonds is 3. The average molecular weight is 297 g/mol. The number of aryl methyl sites for hydroxylation is 1. The second-order valence-electron chi connectivity index (χ2n) is 4.95. The molecule has 0 unspecified atom stereocenters. The molecule has 3 heteroatoms. The molecule has 0 amide bonds. The van der Waals surface area contributed by atoms with E-state index in [1.807, 2.05) is 0 Å². The van der Waals surface area contributed by atoms with Crippen molar-refractivity contribution in [1.29, 1.82) is 0 Å². The van der Waals surface area contributed by atoms with Crippen molar-refractivity contribution in [2.75, 3.05) is 12.4 Å². The van der Waals surface area contributed by atoms with E-state index in [1.54, 1.807) is 0 Å². The Morgan fingerprint density at radius 3 is 2.35 bits per heavy atom. The predicted molar refractivity (Wildman–Crippen MR) is 77.6 cm³/mol. The van der Waals surface area contributed by atoms with E-state index in [0.717, 1.165) is 6.04 Å². The summed E-state index contributed by atoms with van der Waals surface area (Å²) in [5, 5.41) is 7.02. The normalized spacial score (nSPS) is 24.6. The van der Waals surface area contributed by atoms with Crippen molar-refractivity contribution in [2.45, 2.75) is 44.7 Å². The van der Waals surface area contributed by atoms with Gasteiger partial charge in [0.15, 0.2) is 0 Å². The van der Waals surface area contributed by atoms with E-state index in [-0.39, 0.29) is 0 Å². The third kappa shape index (κ3) is 3.46. The van der Waals surface area contributed by atoms with Crippen molar-refractivity contribution in [3.05, 3.63) is 28.2 Å². The molecular formula is C14H21BrN2. The maximum absolute atomic E-state index is 3.64. The molecule has 0 radical (unpaired) electrons. The summed E-state index contributed by atoms with van der Waals surface area (Å²) in [5.41, 5.74) is 2.54. The Kier molecular flexibility index (Phi) is 4.46. The highest BCUT2D eigenvalue weighted by molar-refractivity contribution is 9.10. The van der Waals surface area contributed by atoms with Gasteiger partial charge in [-0.1, -0.05) is 15.9 Å². The number of benzene rings is 1. The SMILES string of the molecule is CNC1CCC(Nc2ccc(Br)c(C)c2)CC1. The van der Waals surface area contributed by atoms with Crippen molar-refractivity contribution in [3.63, 3.8) is 0 Å². The fraction of sp³-hybridized carbons (Fsp3) is 0.571. The number of nitrogens with one attached hydrogen (secondary N) is 2. The van der Waals surface area contributed by atoms with E-state index in [4.69, 9.17) is 0 Å². The van der Waals surface area contributed by atoms with Crippen LogP contribution in [0.25, 0.3) is 0 Å². The van der Waals surface area contributed by atoms with E-state index >= 15 is 0 Å². The molecule has 0 bridgehead atoms. The van der Waals surface area contributed by atoms with Crippen LogP contribution in [-0.4, -0.2) is 19.1 Å². The predicted octanol–water partition coefficient (Wildman–Crippen LogP) is 3.70. The van der Waals surface area contributed by atoms with Crippen LogP contribution in [0, 0.1) is 6.92 Å². The summed E-state index contributed by atoms with van der Waals surface area (Å²) in [4.78, 5) is 0. The third-order valence-electron chi connectivity index (χ3n) is 3.66. The van der Waals surface area contributed by atoms with Gasteiger partial charge in [0.2, 0.25) is 0 Å². The topological polar surface area (TPSA) is 24.1 Å². The Bertz CT molecular complexity index is 370. The number of halogens is 1. The quantitative estimate of drug-likeness (QED) is 0.889. The van der Waals surface area contributed by atoms with Gasteiger partial charge in [0.05, 0.1) is 0 Å². The van der Waals surface area contributed by atoms with Gasteiger partial charge >= 0.3 is 0 Å². The molecule has 1 aliphatic rings. The lowest BCUT2D eigenvalue weighted by Crippen LogP contribution is -2.34. The standard InChI is InChI=1S/C14H21BrN2/c1-10-9-13(7-8-14(10)15)17-12-5-3-11(16-2)4-6-12/h7-9,11-12,16-17H,3-6H2,1-2H3. The Labute approximate surface area is 112 Å². The molecule has 2 nitrogen and oxygen atoms in total.